The summed E-state index contributed by atoms with van der Waals surface area (Å²) in [5, 5.41) is 5.78. The minimum absolute atomic E-state index is 0.106. The Balaban J connectivity index is 1.76. The van der Waals surface area contributed by atoms with Gasteiger partial charge >= 0.3 is 0 Å². The second kappa shape index (κ2) is 9.67. The molecule has 2 amide bonds. The highest BCUT2D eigenvalue weighted by Gasteiger charge is 2.25. The van der Waals surface area contributed by atoms with E-state index in [2.05, 4.69) is 15.6 Å². The summed E-state index contributed by atoms with van der Waals surface area (Å²) in [7, 11) is 3.26. The summed E-state index contributed by atoms with van der Waals surface area (Å²) < 4.78 is 10.0. The number of hydrogen-bond donors (Lipinski definition) is 2. The standard InChI is InChI=1S/C16H25N5O4/c1-17-16(19-12-14(22)18-5-11-24-2)21-8-6-20(7-9-21)15(23)13-4-3-10-25-13/h3-4,10H,5-9,11-12H2,1-2H3,(H,17,19)(H,18,22). The van der Waals surface area contributed by atoms with Crippen molar-refractivity contribution in [3.05, 3.63) is 24.2 Å². The molecule has 25 heavy (non-hydrogen) atoms. The number of aliphatic imine (C=N–C) groups is 1. The van der Waals surface area contributed by atoms with Crippen LogP contribution in [-0.2, 0) is 9.53 Å². The molecule has 1 aliphatic heterocycles. The van der Waals surface area contributed by atoms with E-state index in [1.54, 1.807) is 31.2 Å². The molecule has 0 aromatic carbocycles. The van der Waals surface area contributed by atoms with Crippen LogP contribution in [0.2, 0.25) is 0 Å². The Morgan fingerprint density at radius 2 is 1.96 bits per heavy atom. The largest absolute Gasteiger partial charge is 0.459 e. The molecule has 0 bridgehead atoms. The van der Waals surface area contributed by atoms with Gasteiger partial charge in [-0.3, -0.25) is 14.6 Å². The van der Waals surface area contributed by atoms with Gasteiger partial charge in [0.25, 0.3) is 5.91 Å². The molecule has 0 spiro atoms. The summed E-state index contributed by atoms with van der Waals surface area (Å²) in [6.45, 7) is 3.51. The number of guanidine groups is 1. The molecular formula is C16H25N5O4. The van der Waals surface area contributed by atoms with Crippen molar-refractivity contribution in [2.24, 2.45) is 4.99 Å². The van der Waals surface area contributed by atoms with Gasteiger partial charge in [0.05, 0.1) is 19.4 Å². The van der Waals surface area contributed by atoms with E-state index in [1.807, 2.05) is 4.90 Å². The van der Waals surface area contributed by atoms with E-state index >= 15 is 0 Å². The highest BCUT2D eigenvalue weighted by Crippen LogP contribution is 2.09. The third-order valence-electron chi connectivity index (χ3n) is 3.85. The monoisotopic (exact) mass is 351 g/mol. The zero-order chi connectivity index (χ0) is 18.1. The third-order valence-corrected chi connectivity index (χ3v) is 3.85. The van der Waals surface area contributed by atoms with Crippen molar-refractivity contribution in [3.63, 3.8) is 0 Å². The maximum absolute atomic E-state index is 12.3. The van der Waals surface area contributed by atoms with Crippen LogP contribution in [0.4, 0.5) is 0 Å². The van der Waals surface area contributed by atoms with Crippen molar-refractivity contribution >= 4 is 17.8 Å². The molecule has 138 valence electrons. The lowest BCUT2D eigenvalue weighted by molar-refractivity contribution is -0.120. The number of carbonyl (C=O) groups excluding carboxylic acids is 2. The molecule has 1 fully saturated rings. The van der Waals surface area contributed by atoms with Gasteiger partial charge in [0.2, 0.25) is 5.91 Å². The number of rotatable bonds is 6. The minimum Gasteiger partial charge on any atom is -0.459 e. The molecule has 0 atom stereocenters. The highest BCUT2D eigenvalue weighted by molar-refractivity contribution is 5.92. The second-order valence-corrected chi connectivity index (χ2v) is 5.50. The lowest BCUT2D eigenvalue weighted by Gasteiger charge is -2.36. The van der Waals surface area contributed by atoms with Crippen LogP contribution >= 0.6 is 0 Å². The number of nitrogens with zero attached hydrogens (tertiary/aromatic N) is 3. The van der Waals surface area contributed by atoms with Crippen LogP contribution in [0.5, 0.6) is 0 Å². The Labute approximate surface area is 147 Å². The van der Waals surface area contributed by atoms with Gasteiger partial charge in [-0.25, -0.2) is 0 Å². The van der Waals surface area contributed by atoms with Crippen LogP contribution in [0, 0.1) is 0 Å². The van der Waals surface area contributed by atoms with Crippen molar-refractivity contribution in [1.82, 2.24) is 20.4 Å². The van der Waals surface area contributed by atoms with Crippen LogP contribution in [0.3, 0.4) is 0 Å². The van der Waals surface area contributed by atoms with Crippen LogP contribution in [0.25, 0.3) is 0 Å². The van der Waals surface area contributed by atoms with Crippen LogP contribution in [-0.4, -0.2) is 87.6 Å². The summed E-state index contributed by atoms with van der Waals surface area (Å²) in [6, 6.07) is 3.37. The Kier molecular flexibility index (Phi) is 7.27. The van der Waals surface area contributed by atoms with Crippen molar-refractivity contribution in [2.75, 3.05) is 60.0 Å². The van der Waals surface area contributed by atoms with Gasteiger partial charge in [0.15, 0.2) is 11.7 Å². The molecule has 0 saturated carbocycles. The predicted molar refractivity (Wildman–Crippen MR) is 92.4 cm³/mol. The number of ether oxygens (including phenoxy) is 1. The van der Waals surface area contributed by atoms with E-state index in [0.717, 1.165) is 0 Å². The Bertz CT molecular complexity index is 579. The zero-order valence-corrected chi connectivity index (χ0v) is 14.7. The van der Waals surface area contributed by atoms with Gasteiger partial charge in [-0.2, -0.15) is 0 Å². The minimum atomic E-state index is -0.121. The first-order chi connectivity index (χ1) is 12.2. The van der Waals surface area contributed by atoms with Gasteiger partial charge < -0.3 is 29.6 Å². The molecule has 9 nitrogen and oxygen atoms in total. The maximum Gasteiger partial charge on any atom is 0.289 e. The van der Waals surface area contributed by atoms with Crippen LogP contribution in [0.15, 0.2) is 27.8 Å². The fourth-order valence-electron chi connectivity index (χ4n) is 2.52. The maximum atomic E-state index is 12.3. The molecule has 9 heteroatoms. The van der Waals surface area contributed by atoms with Gasteiger partial charge in [0, 0.05) is 46.9 Å². The van der Waals surface area contributed by atoms with E-state index < -0.39 is 0 Å². The predicted octanol–water partition coefficient (Wildman–Crippen LogP) is -0.625. The molecular weight excluding hydrogens is 326 g/mol. The average Bonchev–Trinajstić information content (AvgIpc) is 3.17. The van der Waals surface area contributed by atoms with E-state index in [-0.39, 0.29) is 18.4 Å². The molecule has 1 aliphatic rings. The average molecular weight is 351 g/mol. The fourth-order valence-corrected chi connectivity index (χ4v) is 2.52. The first-order valence-corrected chi connectivity index (χ1v) is 8.19. The number of hydrogen-bond acceptors (Lipinski definition) is 5. The third kappa shape index (κ3) is 5.49. The number of carbonyl (C=O) groups is 2. The summed E-state index contributed by atoms with van der Waals surface area (Å²) in [5.41, 5.74) is 0. The molecule has 2 N–H and O–H groups in total. The summed E-state index contributed by atoms with van der Waals surface area (Å²) in [4.78, 5) is 32.0. The molecule has 0 unspecified atom stereocenters. The molecule has 2 rings (SSSR count). The molecule has 2 heterocycles. The van der Waals surface area contributed by atoms with E-state index in [4.69, 9.17) is 9.15 Å². The first kappa shape index (κ1) is 18.8. The Hall–Kier alpha value is -2.55. The van der Waals surface area contributed by atoms with E-state index in [9.17, 15) is 9.59 Å². The van der Waals surface area contributed by atoms with E-state index in [1.165, 1.54) is 6.26 Å². The molecule has 1 aromatic heterocycles. The van der Waals surface area contributed by atoms with Gasteiger partial charge in [0.1, 0.15) is 0 Å². The van der Waals surface area contributed by atoms with Crippen molar-refractivity contribution in [1.29, 1.82) is 0 Å². The van der Waals surface area contributed by atoms with Crippen molar-refractivity contribution in [3.8, 4) is 0 Å². The second-order valence-electron chi connectivity index (χ2n) is 5.50. The van der Waals surface area contributed by atoms with Crippen LogP contribution in [0.1, 0.15) is 10.6 Å². The number of amides is 2. The summed E-state index contributed by atoms with van der Waals surface area (Å²) >= 11 is 0. The first-order valence-electron chi connectivity index (χ1n) is 8.19. The smallest absolute Gasteiger partial charge is 0.289 e. The van der Waals surface area contributed by atoms with Crippen LogP contribution < -0.4 is 10.6 Å². The highest BCUT2D eigenvalue weighted by atomic mass is 16.5. The molecule has 0 aliphatic carbocycles. The van der Waals surface area contributed by atoms with Crippen molar-refractivity contribution < 1.29 is 18.7 Å². The zero-order valence-electron chi connectivity index (χ0n) is 14.7. The number of furan rings is 1. The molecule has 0 radical (unpaired) electrons. The summed E-state index contributed by atoms with van der Waals surface area (Å²) in [5.74, 6) is 0.769. The molecule has 1 aromatic rings. The van der Waals surface area contributed by atoms with Crippen molar-refractivity contribution in [2.45, 2.75) is 0 Å². The lowest BCUT2D eigenvalue weighted by Crippen LogP contribution is -2.54. The van der Waals surface area contributed by atoms with E-state index in [0.29, 0.717) is 51.1 Å². The number of methoxy groups -OCH3 is 1. The topological polar surface area (TPSA) is 99.4 Å². The Morgan fingerprint density at radius 1 is 1.24 bits per heavy atom. The normalized spacial score (nSPS) is 15.2. The van der Waals surface area contributed by atoms with Gasteiger partial charge in [-0.05, 0) is 12.1 Å². The Morgan fingerprint density at radius 3 is 2.56 bits per heavy atom. The lowest BCUT2D eigenvalue weighted by atomic mass is 10.3. The summed E-state index contributed by atoms with van der Waals surface area (Å²) in [6.07, 6.45) is 1.49. The quantitative estimate of drug-likeness (QED) is 0.402. The number of nitrogens with one attached hydrogen (secondary N) is 2. The van der Waals surface area contributed by atoms with Gasteiger partial charge in [-0.15, -0.1) is 0 Å². The SMILES string of the molecule is CN=C(NCC(=O)NCCOC)N1CCN(C(=O)c2ccco2)CC1. The van der Waals surface area contributed by atoms with Gasteiger partial charge in [-0.1, -0.05) is 0 Å². The fraction of sp³-hybridized carbons (Fsp3) is 0.562. The molecule has 1 saturated heterocycles. The number of piperazine rings is 1.